The van der Waals surface area contributed by atoms with E-state index in [9.17, 15) is 14.4 Å². The van der Waals surface area contributed by atoms with Crippen LogP contribution in [0, 0.1) is 13.8 Å². The van der Waals surface area contributed by atoms with Gasteiger partial charge in [0.1, 0.15) is 5.54 Å². The van der Waals surface area contributed by atoms with Gasteiger partial charge in [-0.05, 0) is 51.9 Å². The molecule has 2 saturated heterocycles. The summed E-state index contributed by atoms with van der Waals surface area (Å²) < 4.78 is 6.87. The second-order valence-corrected chi connectivity index (χ2v) is 9.16. The number of nitrogens with one attached hydrogen (secondary N) is 2. The molecule has 3 aromatic rings. The van der Waals surface area contributed by atoms with Gasteiger partial charge in [-0.1, -0.05) is 0 Å². The zero-order valence-corrected chi connectivity index (χ0v) is 19.9. The third-order valence-electron chi connectivity index (χ3n) is 6.90. The largest absolute Gasteiger partial charge is 0.459 e. The number of nitrogens with zero attached hydrogens (tertiary/aromatic N) is 5. The molecule has 3 amide bonds. The van der Waals surface area contributed by atoms with Crippen molar-refractivity contribution in [2.24, 2.45) is 0 Å². The standard InChI is InChI=1S/C24H29N7O4/c1-16-14-20-26-15-18(17(2)31(20)28-16)21(32)27-24(5-7-25-8-6-24)23(34)30-11-9-29(10-12-30)22(33)19-4-3-13-35-19/h3-4,13-15,25H,5-12H2,1-2H3,(H,27,32). The first-order valence-electron chi connectivity index (χ1n) is 11.9. The van der Waals surface area contributed by atoms with Crippen LogP contribution in [0.5, 0.6) is 0 Å². The van der Waals surface area contributed by atoms with Crippen LogP contribution in [0.1, 0.15) is 45.1 Å². The fourth-order valence-corrected chi connectivity index (χ4v) is 4.89. The van der Waals surface area contributed by atoms with Crippen molar-refractivity contribution in [1.82, 2.24) is 35.0 Å². The number of piperazine rings is 1. The molecule has 5 heterocycles. The van der Waals surface area contributed by atoms with Crippen molar-refractivity contribution in [3.8, 4) is 0 Å². The molecule has 0 atom stereocenters. The van der Waals surface area contributed by atoms with Crippen LogP contribution in [-0.4, -0.2) is 86.9 Å². The molecule has 5 rings (SSSR count). The number of carbonyl (C=O) groups excluding carboxylic acids is 3. The van der Waals surface area contributed by atoms with Crippen molar-refractivity contribution >= 4 is 23.4 Å². The zero-order valence-electron chi connectivity index (χ0n) is 19.9. The third-order valence-corrected chi connectivity index (χ3v) is 6.90. The molecule has 0 aromatic carbocycles. The summed E-state index contributed by atoms with van der Waals surface area (Å²) in [6.07, 6.45) is 3.98. The number of piperidine rings is 1. The Balaban J connectivity index is 1.32. The molecule has 0 unspecified atom stereocenters. The zero-order chi connectivity index (χ0) is 24.6. The van der Waals surface area contributed by atoms with Crippen LogP contribution in [0.3, 0.4) is 0 Å². The molecule has 184 valence electrons. The van der Waals surface area contributed by atoms with E-state index in [1.54, 1.807) is 32.6 Å². The molecule has 2 aliphatic heterocycles. The van der Waals surface area contributed by atoms with E-state index in [4.69, 9.17) is 4.42 Å². The monoisotopic (exact) mass is 479 g/mol. The Hall–Kier alpha value is -3.73. The van der Waals surface area contributed by atoms with Gasteiger partial charge in [-0.25, -0.2) is 9.50 Å². The Bertz CT molecular complexity index is 1250. The number of rotatable bonds is 4. The maximum atomic E-state index is 13.8. The highest BCUT2D eigenvalue weighted by atomic mass is 16.3. The van der Waals surface area contributed by atoms with Gasteiger partial charge in [0.25, 0.3) is 11.8 Å². The van der Waals surface area contributed by atoms with Crippen molar-refractivity contribution in [2.75, 3.05) is 39.3 Å². The van der Waals surface area contributed by atoms with Crippen molar-refractivity contribution in [1.29, 1.82) is 0 Å². The highest BCUT2D eigenvalue weighted by Crippen LogP contribution is 2.24. The maximum absolute atomic E-state index is 13.8. The molecule has 0 saturated carbocycles. The quantitative estimate of drug-likeness (QED) is 0.566. The number of carbonyl (C=O) groups is 3. The number of amides is 3. The lowest BCUT2D eigenvalue weighted by molar-refractivity contribution is -0.140. The summed E-state index contributed by atoms with van der Waals surface area (Å²) in [6, 6.07) is 5.17. The summed E-state index contributed by atoms with van der Waals surface area (Å²) in [5, 5.41) is 10.8. The van der Waals surface area contributed by atoms with Gasteiger partial charge in [0.2, 0.25) is 5.91 Å². The average molecular weight is 480 g/mol. The first-order valence-corrected chi connectivity index (χ1v) is 11.9. The SMILES string of the molecule is Cc1cc2ncc(C(=O)NC3(C(=O)N4CCN(C(=O)c5ccco5)CC4)CCNCC3)c(C)n2n1. The number of aromatic nitrogens is 3. The Morgan fingerprint density at radius 1 is 1.09 bits per heavy atom. The summed E-state index contributed by atoms with van der Waals surface area (Å²) in [4.78, 5) is 47.6. The fraction of sp³-hybridized carbons (Fsp3) is 0.458. The molecule has 0 spiro atoms. The van der Waals surface area contributed by atoms with E-state index in [1.807, 2.05) is 19.9 Å². The van der Waals surface area contributed by atoms with E-state index >= 15 is 0 Å². The van der Waals surface area contributed by atoms with Gasteiger partial charge >= 0.3 is 0 Å². The summed E-state index contributed by atoms with van der Waals surface area (Å²) in [7, 11) is 0. The lowest BCUT2D eigenvalue weighted by atomic mass is 9.86. The molecular weight excluding hydrogens is 450 g/mol. The van der Waals surface area contributed by atoms with Gasteiger partial charge < -0.3 is 24.9 Å². The molecule has 0 radical (unpaired) electrons. The highest BCUT2D eigenvalue weighted by Gasteiger charge is 2.44. The summed E-state index contributed by atoms with van der Waals surface area (Å²) >= 11 is 0. The highest BCUT2D eigenvalue weighted by molar-refractivity contribution is 6.00. The van der Waals surface area contributed by atoms with Crippen molar-refractivity contribution in [3.05, 3.63) is 53.4 Å². The minimum Gasteiger partial charge on any atom is -0.459 e. The topological polar surface area (TPSA) is 125 Å². The van der Waals surface area contributed by atoms with Crippen LogP contribution < -0.4 is 10.6 Å². The predicted octanol–water partition coefficient (Wildman–Crippen LogP) is 0.776. The van der Waals surface area contributed by atoms with E-state index in [1.165, 1.54) is 6.26 Å². The number of aryl methyl sites for hydroxylation is 2. The normalized spacial score (nSPS) is 18.0. The smallest absolute Gasteiger partial charge is 0.289 e. The summed E-state index contributed by atoms with van der Waals surface area (Å²) in [6.45, 7) is 6.55. The van der Waals surface area contributed by atoms with E-state index in [-0.39, 0.29) is 17.7 Å². The van der Waals surface area contributed by atoms with Crippen LogP contribution in [0.2, 0.25) is 0 Å². The van der Waals surface area contributed by atoms with Gasteiger partial charge in [-0.2, -0.15) is 5.10 Å². The van der Waals surface area contributed by atoms with Crippen LogP contribution in [0.15, 0.2) is 35.1 Å². The molecule has 0 aliphatic carbocycles. The molecule has 2 aliphatic rings. The molecule has 35 heavy (non-hydrogen) atoms. The first kappa shape index (κ1) is 23.0. The van der Waals surface area contributed by atoms with Gasteiger partial charge in [-0.15, -0.1) is 0 Å². The van der Waals surface area contributed by atoms with Gasteiger partial charge in [0.15, 0.2) is 11.4 Å². The number of hydrogen-bond donors (Lipinski definition) is 2. The predicted molar refractivity (Wildman–Crippen MR) is 126 cm³/mol. The Morgan fingerprint density at radius 3 is 2.49 bits per heavy atom. The van der Waals surface area contributed by atoms with E-state index in [0.717, 1.165) is 5.69 Å². The molecule has 11 heteroatoms. The van der Waals surface area contributed by atoms with Crippen molar-refractivity contribution in [3.63, 3.8) is 0 Å². The van der Waals surface area contributed by atoms with Gasteiger partial charge in [0.05, 0.1) is 23.2 Å². The van der Waals surface area contributed by atoms with Gasteiger partial charge in [0, 0.05) is 38.4 Å². The molecule has 3 aromatic heterocycles. The minimum atomic E-state index is -1.02. The van der Waals surface area contributed by atoms with Crippen LogP contribution in [0.4, 0.5) is 0 Å². The molecular formula is C24H29N7O4. The molecule has 2 N–H and O–H groups in total. The van der Waals surface area contributed by atoms with E-state index in [2.05, 4.69) is 20.7 Å². The first-order chi connectivity index (χ1) is 16.9. The number of furan rings is 1. The summed E-state index contributed by atoms with van der Waals surface area (Å²) in [5.74, 6) is -0.342. The minimum absolute atomic E-state index is 0.112. The Labute approximate surface area is 202 Å². The van der Waals surface area contributed by atoms with Crippen LogP contribution in [0.25, 0.3) is 5.65 Å². The Kier molecular flexibility index (Phi) is 6.01. The second kappa shape index (κ2) is 9.14. The second-order valence-electron chi connectivity index (χ2n) is 9.16. The lowest BCUT2D eigenvalue weighted by Gasteiger charge is -2.43. The van der Waals surface area contributed by atoms with Gasteiger partial charge in [-0.3, -0.25) is 14.4 Å². The molecule has 2 fully saturated rings. The molecule has 0 bridgehead atoms. The number of fused-ring (bicyclic) bond motifs is 1. The van der Waals surface area contributed by atoms with E-state index in [0.29, 0.717) is 74.8 Å². The van der Waals surface area contributed by atoms with E-state index < -0.39 is 5.54 Å². The maximum Gasteiger partial charge on any atom is 0.289 e. The average Bonchev–Trinajstić information content (AvgIpc) is 3.54. The summed E-state index contributed by atoms with van der Waals surface area (Å²) in [5.41, 5.74) is 1.53. The van der Waals surface area contributed by atoms with Crippen molar-refractivity contribution in [2.45, 2.75) is 32.2 Å². The van der Waals surface area contributed by atoms with Crippen LogP contribution >= 0.6 is 0 Å². The van der Waals surface area contributed by atoms with Crippen LogP contribution in [-0.2, 0) is 4.79 Å². The third kappa shape index (κ3) is 4.27. The van der Waals surface area contributed by atoms with Crippen molar-refractivity contribution < 1.29 is 18.8 Å². The molecule has 11 nitrogen and oxygen atoms in total. The lowest BCUT2D eigenvalue weighted by Crippen LogP contribution is -2.65. The fourth-order valence-electron chi connectivity index (χ4n) is 4.89. The number of hydrogen-bond acceptors (Lipinski definition) is 7. The Morgan fingerprint density at radius 2 is 1.80 bits per heavy atom.